The molecule has 0 spiro atoms. The highest BCUT2D eigenvalue weighted by atomic mass is 35.5. The number of benzene rings is 1. The van der Waals surface area contributed by atoms with E-state index in [9.17, 15) is 18.0 Å². The lowest BCUT2D eigenvalue weighted by molar-refractivity contribution is 0.262. The Morgan fingerprint density at radius 3 is 2.55 bits per heavy atom. The number of urea groups is 1. The summed E-state index contributed by atoms with van der Waals surface area (Å²) < 4.78 is 39.0. The molecule has 0 radical (unpaired) electrons. The Hall–Kier alpha value is -2.28. The number of carbonyl (C=O) groups is 1. The molecule has 0 aliphatic heterocycles. The van der Waals surface area contributed by atoms with Gasteiger partial charge in [-0.15, -0.1) is 0 Å². The van der Waals surface area contributed by atoms with Crippen LogP contribution < -0.4 is 10.6 Å². The Balaban J connectivity index is 2.11. The van der Waals surface area contributed by atoms with Gasteiger partial charge in [-0.1, -0.05) is 11.6 Å². The van der Waals surface area contributed by atoms with E-state index in [4.69, 9.17) is 11.6 Å². The van der Waals surface area contributed by atoms with E-state index in [2.05, 4.69) is 15.6 Å². The Kier molecular flexibility index (Phi) is 4.09. The molecule has 2 rings (SSSR count). The fraction of sp³-hybridized carbons (Fsp3) is 0. The molecule has 0 bridgehead atoms. The van der Waals surface area contributed by atoms with E-state index in [1.54, 1.807) is 0 Å². The molecule has 0 aliphatic rings. The van der Waals surface area contributed by atoms with Gasteiger partial charge in [-0.3, -0.25) is 0 Å². The second-order valence-corrected chi connectivity index (χ2v) is 4.06. The van der Waals surface area contributed by atoms with Gasteiger partial charge >= 0.3 is 6.03 Å². The minimum Gasteiger partial charge on any atom is -0.308 e. The summed E-state index contributed by atoms with van der Waals surface area (Å²) >= 11 is 5.62. The van der Waals surface area contributed by atoms with E-state index in [0.717, 1.165) is 6.07 Å². The first-order valence-corrected chi connectivity index (χ1v) is 5.68. The molecule has 0 unspecified atom stereocenters. The Morgan fingerprint density at radius 2 is 1.85 bits per heavy atom. The summed E-state index contributed by atoms with van der Waals surface area (Å²) in [6, 6.07) is 3.59. The van der Waals surface area contributed by atoms with E-state index in [-0.39, 0.29) is 5.15 Å². The minimum atomic E-state index is -1.66. The highest BCUT2D eigenvalue weighted by molar-refractivity contribution is 6.29. The van der Waals surface area contributed by atoms with Crippen LogP contribution in [0, 0.1) is 17.5 Å². The molecule has 1 aromatic carbocycles. The van der Waals surface area contributed by atoms with E-state index in [0.29, 0.717) is 11.8 Å². The predicted octanol–water partition coefficient (Wildman–Crippen LogP) is 3.80. The number of nitrogens with zero attached hydrogens (tertiary/aromatic N) is 1. The van der Waals surface area contributed by atoms with Crippen LogP contribution in [-0.4, -0.2) is 11.0 Å². The number of pyridine rings is 1. The molecule has 2 aromatic rings. The number of aromatic nitrogens is 1. The smallest absolute Gasteiger partial charge is 0.308 e. The molecule has 2 N–H and O–H groups in total. The number of halogens is 4. The first-order valence-electron chi connectivity index (χ1n) is 5.30. The lowest BCUT2D eigenvalue weighted by Gasteiger charge is -2.09. The van der Waals surface area contributed by atoms with Crippen molar-refractivity contribution in [3.05, 3.63) is 53.1 Å². The van der Waals surface area contributed by atoms with Crippen molar-refractivity contribution in [1.29, 1.82) is 0 Å². The molecule has 0 saturated carbocycles. The van der Waals surface area contributed by atoms with Crippen molar-refractivity contribution in [1.82, 2.24) is 4.98 Å². The molecule has 1 heterocycles. The van der Waals surface area contributed by atoms with Crippen molar-refractivity contribution in [2.75, 3.05) is 10.6 Å². The van der Waals surface area contributed by atoms with E-state index in [1.165, 1.54) is 18.3 Å². The van der Waals surface area contributed by atoms with Gasteiger partial charge < -0.3 is 10.6 Å². The molecule has 8 heteroatoms. The van der Waals surface area contributed by atoms with Gasteiger partial charge in [0.25, 0.3) is 0 Å². The molecule has 2 amide bonds. The van der Waals surface area contributed by atoms with Crippen molar-refractivity contribution in [2.24, 2.45) is 0 Å². The molecule has 0 saturated heterocycles. The van der Waals surface area contributed by atoms with Gasteiger partial charge in [-0.05, 0) is 24.3 Å². The van der Waals surface area contributed by atoms with Crippen LogP contribution in [0.5, 0.6) is 0 Å². The maximum absolute atomic E-state index is 13.3. The number of carbonyl (C=O) groups excluding carboxylic acids is 1. The van der Waals surface area contributed by atoms with E-state index < -0.39 is 29.2 Å². The minimum absolute atomic E-state index is 0.154. The van der Waals surface area contributed by atoms with Gasteiger partial charge in [0.15, 0.2) is 17.5 Å². The van der Waals surface area contributed by atoms with Crippen molar-refractivity contribution >= 4 is 29.0 Å². The van der Waals surface area contributed by atoms with Crippen LogP contribution in [-0.2, 0) is 0 Å². The molecule has 4 nitrogen and oxygen atoms in total. The van der Waals surface area contributed by atoms with Gasteiger partial charge in [0.2, 0.25) is 0 Å². The Bertz CT molecular complexity index is 666. The second-order valence-electron chi connectivity index (χ2n) is 3.67. The van der Waals surface area contributed by atoms with Crippen molar-refractivity contribution in [3.8, 4) is 0 Å². The summed E-state index contributed by atoms with van der Waals surface area (Å²) in [4.78, 5) is 15.3. The zero-order valence-corrected chi connectivity index (χ0v) is 10.5. The summed E-state index contributed by atoms with van der Waals surface area (Å²) in [6.07, 6.45) is 1.36. The zero-order chi connectivity index (χ0) is 14.7. The van der Waals surface area contributed by atoms with Gasteiger partial charge in [0.05, 0.1) is 5.69 Å². The van der Waals surface area contributed by atoms with E-state index >= 15 is 0 Å². The van der Waals surface area contributed by atoms with Crippen molar-refractivity contribution in [3.63, 3.8) is 0 Å². The fourth-order valence-corrected chi connectivity index (χ4v) is 1.56. The molecule has 0 atom stereocenters. The number of hydrogen-bond acceptors (Lipinski definition) is 2. The lowest BCUT2D eigenvalue weighted by atomic mass is 10.3. The third kappa shape index (κ3) is 3.18. The van der Waals surface area contributed by atoms with Gasteiger partial charge in [0.1, 0.15) is 5.15 Å². The molecular weight excluding hydrogens is 295 g/mol. The van der Waals surface area contributed by atoms with Crippen LogP contribution >= 0.6 is 11.6 Å². The van der Waals surface area contributed by atoms with Crippen molar-refractivity contribution < 1.29 is 18.0 Å². The van der Waals surface area contributed by atoms with E-state index in [1.807, 2.05) is 0 Å². The van der Waals surface area contributed by atoms with Gasteiger partial charge in [-0.25, -0.2) is 22.9 Å². The maximum Gasteiger partial charge on any atom is 0.323 e. The lowest BCUT2D eigenvalue weighted by Crippen LogP contribution is -2.20. The predicted molar refractivity (Wildman–Crippen MR) is 68.2 cm³/mol. The molecule has 104 valence electrons. The van der Waals surface area contributed by atoms with Gasteiger partial charge in [-0.2, -0.15) is 0 Å². The molecular formula is C12H7ClF3N3O. The molecule has 0 aliphatic carbocycles. The number of nitrogens with one attached hydrogen (secondary N) is 2. The molecule has 20 heavy (non-hydrogen) atoms. The quantitative estimate of drug-likeness (QED) is 0.655. The Morgan fingerprint density at radius 1 is 1.10 bits per heavy atom. The van der Waals surface area contributed by atoms with Crippen LogP contribution in [0.3, 0.4) is 0 Å². The Labute approximate surface area is 116 Å². The summed E-state index contributed by atoms with van der Waals surface area (Å²) in [6.45, 7) is 0. The zero-order valence-electron chi connectivity index (χ0n) is 9.75. The topological polar surface area (TPSA) is 54.0 Å². The van der Waals surface area contributed by atoms with Crippen LogP contribution in [0.4, 0.5) is 29.3 Å². The highest BCUT2D eigenvalue weighted by Gasteiger charge is 2.15. The number of anilines is 2. The van der Waals surface area contributed by atoms with Crippen LogP contribution in [0.1, 0.15) is 0 Å². The summed E-state index contributed by atoms with van der Waals surface area (Å²) in [5, 5.41) is 4.54. The largest absolute Gasteiger partial charge is 0.323 e. The first-order chi connectivity index (χ1) is 9.47. The van der Waals surface area contributed by atoms with Crippen LogP contribution in [0.2, 0.25) is 5.15 Å². The molecule has 1 aromatic heterocycles. The summed E-state index contributed by atoms with van der Waals surface area (Å²) in [5.41, 5.74) is -0.174. The third-order valence-electron chi connectivity index (χ3n) is 2.27. The standard InChI is InChI=1S/C12H7ClF3N3O/c13-9-5-6(3-4-17-9)18-12(20)19-8-2-1-7(14)10(15)11(8)16/h1-5H,(H2,17,18,19,20). The average Bonchev–Trinajstić information content (AvgIpc) is 2.39. The van der Waals surface area contributed by atoms with Crippen molar-refractivity contribution in [2.45, 2.75) is 0 Å². The third-order valence-corrected chi connectivity index (χ3v) is 2.47. The SMILES string of the molecule is O=C(Nc1ccnc(Cl)c1)Nc1ccc(F)c(F)c1F. The fourth-order valence-electron chi connectivity index (χ4n) is 1.39. The van der Waals surface area contributed by atoms with Crippen LogP contribution in [0.15, 0.2) is 30.5 Å². The number of rotatable bonds is 2. The van der Waals surface area contributed by atoms with Gasteiger partial charge in [0, 0.05) is 11.9 Å². The summed E-state index contributed by atoms with van der Waals surface area (Å²) in [5.74, 6) is -4.47. The second kappa shape index (κ2) is 5.79. The van der Waals surface area contributed by atoms with Crippen LogP contribution in [0.25, 0.3) is 0 Å². The average molecular weight is 302 g/mol. The highest BCUT2D eigenvalue weighted by Crippen LogP contribution is 2.20. The normalized spacial score (nSPS) is 10.2. The monoisotopic (exact) mass is 301 g/mol. The number of amides is 2. The maximum atomic E-state index is 13.3. The summed E-state index contributed by atoms with van der Waals surface area (Å²) in [7, 11) is 0. The molecule has 0 fully saturated rings. The first kappa shape index (κ1) is 14.1. The number of hydrogen-bond donors (Lipinski definition) is 2.